The Balaban J connectivity index is 3.29. The second-order valence-electron chi connectivity index (χ2n) is 7.09. The van der Waals surface area contributed by atoms with E-state index in [1.807, 2.05) is 0 Å². The van der Waals surface area contributed by atoms with Crippen molar-refractivity contribution in [3.8, 4) is 0 Å². The summed E-state index contributed by atoms with van der Waals surface area (Å²) in [5.74, 6) is 1.02. The molecule has 0 fully saturated rings. The van der Waals surface area contributed by atoms with E-state index in [-0.39, 0.29) is 0 Å². The first-order valence-electron chi connectivity index (χ1n) is 10.3. The summed E-state index contributed by atoms with van der Waals surface area (Å²) in [6.07, 6.45) is 24.8. The Morgan fingerprint density at radius 1 is 0.429 bits per heavy atom. The highest BCUT2D eigenvalue weighted by Gasteiger charge is 2.05. The minimum Gasteiger partial charge on any atom is -0.0654 e. The van der Waals surface area contributed by atoms with Crippen molar-refractivity contribution in [3.63, 3.8) is 0 Å². The van der Waals surface area contributed by atoms with Gasteiger partial charge >= 0.3 is 0 Å². The Labute approximate surface area is 136 Å². The Bertz CT molecular complexity index is 155. The van der Waals surface area contributed by atoms with Crippen LogP contribution in [0.2, 0.25) is 0 Å². The third-order valence-electron chi connectivity index (χ3n) is 5.01. The third kappa shape index (κ3) is 16.2. The quantitative estimate of drug-likeness (QED) is 0.237. The summed E-state index contributed by atoms with van der Waals surface area (Å²) < 4.78 is 0. The molecule has 0 radical (unpaired) electrons. The molecule has 0 aromatic rings. The number of hydrogen-bond acceptors (Lipinski definition) is 0. The zero-order valence-corrected chi connectivity index (χ0v) is 15.6. The molecular formula is C21H44. The lowest BCUT2D eigenvalue weighted by molar-refractivity contribution is 0.392. The highest BCUT2D eigenvalue weighted by molar-refractivity contribution is 4.59. The molecule has 0 aliphatic heterocycles. The van der Waals surface area contributed by atoms with Crippen LogP contribution >= 0.6 is 0 Å². The van der Waals surface area contributed by atoms with Gasteiger partial charge in [0.15, 0.2) is 0 Å². The van der Waals surface area contributed by atoms with Gasteiger partial charge in [-0.3, -0.25) is 0 Å². The fraction of sp³-hybridized carbons (Fsp3) is 1.00. The van der Waals surface area contributed by atoms with Crippen LogP contribution in [0.25, 0.3) is 0 Å². The van der Waals surface area contributed by atoms with Gasteiger partial charge < -0.3 is 0 Å². The second-order valence-corrected chi connectivity index (χ2v) is 7.09. The molecule has 0 aromatic carbocycles. The molecule has 0 aromatic heterocycles. The van der Waals surface area contributed by atoms with E-state index < -0.39 is 0 Å². The lowest BCUT2D eigenvalue weighted by Crippen LogP contribution is -1.99. The van der Waals surface area contributed by atoms with Crippen LogP contribution in [0.3, 0.4) is 0 Å². The van der Waals surface area contributed by atoms with E-state index in [0.717, 1.165) is 5.92 Å². The van der Waals surface area contributed by atoms with Crippen LogP contribution < -0.4 is 0 Å². The van der Waals surface area contributed by atoms with Crippen molar-refractivity contribution in [1.82, 2.24) is 0 Å². The van der Waals surface area contributed by atoms with Gasteiger partial charge in [0.05, 0.1) is 0 Å². The number of hydrogen-bond donors (Lipinski definition) is 0. The summed E-state index contributed by atoms with van der Waals surface area (Å²) in [7, 11) is 0. The minimum atomic E-state index is 1.02. The second kappa shape index (κ2) is 18.1. The van der Waals surface area contributed by atoms with Crippen LogP contribution in [0.1, 0.15) is 130 Å². The van der Waals surface area contributed by atoms with Gasteiger partial charge in [-0.05, 0) is 5.92 Å². The molecule has 0 aliphatic carbocycles. The molecule has 21 heavy (non-hydrogen) atoms. The first-order valence-corrected chi connectivity index (χ1v) is 10.3. The average molecular weight is 297 g/mol. The molecule has 0 spiro atoms. The van der Waals surface area contributed by atoms with Crippen LogP contribution in [-0.4, -0.2) is 0 Å². The molecule has 0 heteroatoms. The van der Waals surface area contributed by atoms with E-state index in [2.05, 4.69) is 20.8 Å². The molecule has 0 bridgehead atoms. The Kier molecular flexibility index (Phi) is 18.1. The van der Waals surface area contributed by atoms with E-state index >= 15 is 0 Å². The van der Waals surface area contributed by atoms with Gasteiger partial charge in [-0.15, -0.1) is 0 Å². The largest absolute Gasteiger partial charge is 0.0654 e. The maximum absolute atomic E-state index is 2.40. The van der Waals surface area contributed by atoms with Gasteiger partial charge in [0.2, 0.25) is 0 Å². The first-order chi connectivity index (χ1) is 10.3. The van der Waals surface area contributed by atoms with E-state index in [0.29, 0.717) is 0 Å². The molecule has 0 rings (SSSR count). The average Bonchev–Trinajstić information content (AvgIpc) is 2.51. The molecule has 0 saturated carbocycles. The van der Waals surface area contributed by atoms with Gasteiger partial charge in [-0.25, -0.2) is 0 Å². The molecule has 0 heterocycles. The van der Waals surface area contributed by atoms with E-state index in [4.69, 9.17) is 0 Å². The molecule has 0 unspecified atom stereocenters. The molecule has 0 atom stereocenters. The van der Waals surface area contributed by atoms with Crippen LogP contribution in [0.15, 0.2) is 0 Å². The van der Waals surface area contributed by atoms with Crippen molar-refractivity contribution >= 4 is 0 Å². The summed E-state index contributed by atoms with van der Waals surface area (Å²) >= 11 is 0. The lowest BCUT2D eigenvalue weighted by Gasteiger charge is -2.14. The zero-order chi connectivity index (χ0) is 15.6. The summed E-state index contributed by atoms with van der Waals surface area (Å²) in [5.41, 5.74) is 0. The normalized spacial score (nSPS) is 11.4. The van der Waals surface area contributed by atoms with Crippen LogP contribution in [0.5, 0.6) is 0 Å². The minimum absolute atomic E-state index is 1.02. The van der Waals surface area contributed by atoms with E-state index in [9.17, 15) is 0 Å². The summed E-state index contributed by atoms with van der Waals surface area (Å²) in [4.78, 5) is 0. The number of rotatable bonds is 17. The predicted molar refractivity (Wildman–Crippen MR) is 99.0 cm³/mol. The summed E-state index contributed by atoms with van der Waals surface area (Å²) in [6, 6.07) is 0. The van der Waals surface area contributed by atoms with Gasteiger partial charge in [0.1, 0.15) is 0 Å². The van der Waals surface area contributed by atoms with Crippen molar-refractivity contribution in [2.75, 3.05) is 0 Å². The Morgan fingerprint density at radius 3 is 1.10 bits per heavy atom. The fourth-order valence-electron chi connectivity index (χ4n) is 3.33. The van der Waals surface area contributed by atoms with Gasteiger partial charge in [0.25, 0.3) is 0 Å². The fourth-order valence-corrected chi connectivity index (χ4v) is 3.33. The van der Waals surface area contributed by atoms with Crippen molar-refractivity contribution in [2.45, 2.75) is 130 Å². The van der Waals surface area contributed by atoms with E-state index in [1.165, 1.54) is 109 Å². The molecule has 0 aliphatic rings. The molecular weight excluding hydrogens is 252 g/mol. The van der Waals surface area contributed by atoms with Crippen molar-refractivity contribution in [2.24, 2.45) is 5.92 Å². The molecule has 0 N–H and O–H groups in total. The van der Waals surface area contributed by atoms with Crippen LogP contribution in [0.4, 0.5) is 0 Å². The lowest BCUT2D eigenvalue weighted by atomic mass is 9.92. The maximum Gasteiger partial charge on any atom is -0.0417 e. The van der Waals surface area contributed by atoms with Crippen molar-refractivity contribution in [1.29, 1.82) is 0 Å². The van der Waals surface area contributed by atoms with E-state index in [1.54, 1.807) is 0 Å². The highest BCUT2D eigenvalue weighted by atomic mass is 14.1. The van der Waals surface area contributed by atoms with Gasteiger partial charge in [-0.1, -0.05) is 130 Å². The zero-order valence-electron chi connectivity index (χ0n) is 15.6. The van der Waals surface area contributed by atoms with Gasteiger partial charge in [-0.2, -0.15) is 0 Å². The molecule has 0 saturated heterocycles. The van der Waals surface area contributed by atoms with Gasteiger partial charge in [0, 0.05) is 0 Å². The summed E-state index contributed by atoms with van der Waals surface area (Å²) in [6.45, 7) is 7.00. The monoisotopic (exact) mass is 296 g/mol. The van der Waals surface area contributed by atoms with Crippen LogP contribution in [-0.2, 0) is 0 Å². The topological polar surface area (TPSA) is 0 Å². The molecule has 0 nitrogen and oxygen atoms in total. The number of unbranched alkanes of at least 4 members (excludes halogenated alkanes) is 12. The third-order valence-corrected chi connectivity index (χ3v) is 5.01. The summed E-state index contributed by atoms with van der Waals surface area (Å²) in [5, 5.41) is 0. The van der Waals surface area contributed by atoms with Crippen LogP contribution in [0, 0.1) is 5.92 Å². The first kappa shape index (κ1) is 21.0. The highest BCUT2D eigenvalue weighted by Crippen LogP contribution is 2.21. The predicted octanol–water partition coefficient (Wildman–Crippen LogP) is 8.29. The Hall–Kier alpha value is 0. The smallest absolute Gasteiger partial charge is 0.0417 e. The van der Waals surface area contributed by atoms with Crippen molar-refractivity contribution < 1.29 is 0 Å². The molecule has 0 amide bonds. The maximum atomic E-state index is 2.40. The van der Waals surface area contributed by atoms with Crippen molar-refractivity contribution in [3.05, 3.63) is 0 Å². The molecule has 128 valence electrons. The Morgan fingerprint density at radius 2 is 0.762 bits per heavy atom. The SMILES string of the molecule is CCCCCCCCCC(CC)CCCCCCCCC. The standard InChI is InChI=1S/C21H44/c1-4-7-9-11-13-15-17-19-21(6-3)20-18-16-14-12-10-8-5-2/h21H,4-20H2,1-3H3.